The molecule has 0 bridgehead atoms. The Balaban J connectivity index is 2.43. The van der Waals surface area contributed by atoms with Crippen molar-refractivity contribution in [3.63, 3.8) is 0 Å². The molecule has 0 aliphatic rings. The van der Waals surface area contributed by atoms with E-state index in [-0.39, 0.29) is 11.5 Å². The van der Waals surface area contributed by atoms with Crippen molar-refractivity contribution >= 4 is 5.91 Å². The van der Waals surface area contributed by atoms with E-state index < -0.39 is 0 Å². The number of carbonyl (C=O) groups excluding carboxylic acids is 1. The molecular formula is C7H11N3O2. The number of hydrogen-bond acceptors (Lipinski definition) is 2. The van der Waals surface area contributed by atoms with Crippen molar-refractivity contribution < 1.29 is 4.79 Å². The fourth-order valence-corrected chi connectivity index (χ4v) is 0.786. The summed E-state index contributed by atoms with van der Waals surface area (Å²) < 4.78 is 0. The van der Waals surface area contributed by atoms with Crippen molar-refractivity contribution in [1.29, 1.82) is 0 Å². The summed E-state index contributed by atoms with van der Waals surface area (Å²) in [6.07, 6.45) is 0.453. The monoisotopic (exact) mass is 169 g/mol. The highest BCUT2D eigenvalue weighted by Gasteiger charge is 1.98. The fourth-order valence-electron chi connectivity index (χ4n) is 0.786. The smallest absolute Gasteiger partial charge is 0.264 e. The molecule has 1 aromatic rings. The van der Waals surface area contributed by atoms with Gasteiger partial charge in [0, 0.05) is 12.5 Å². The first-order chi connectivity index (χ1) is 5.72. The molecule has 1 heterocycles. The third-order valence-electron chi connectivity index (χ3n) is 1.45. The maximum Gasteiger partial charge on any atom is 0.264 e. The molecule has 0 spiro atoms. The second-order valence-corrected chi connectivity index (χ2v) is 2.41. The summed E-state index contributed by atoms with van der Waals surface area (Å²) in [5.41, 5.74) is 0.498. The van der Waals surface area contributed by atoms with Gasteiger partial charge in [-0.05, 0) is 0 Å². The van der Waals surface area contributed by atoms with Crippen LogP contribution in [0.2, 0.25) is 0 Å². The summed E-state index contributed by atoms with van der Waals surface area (Å²) in [6.45, 7) is 2.14. The molecular weight excluding hydrogens is 158 g/mol. The molecule has 0 aliphatic heterocycles. The third kappa shape index (κ3) is 2.26. The van der Waals surface area contributed by atoms with Crippen molar-refractivity contribution in [2.24, 2.45) is 0 Å². The van der Waals surface area contributed by atoms with E-state index in [2.05, 4.69) is 15.5 Å². The average molecular weight is 169 g/mol. The van der Waals surface area contributed by atoms with E-state index in [1.807, 2.05) is 0 Å². The van der Waals surface area contributed by atoms with E-state index in [9.17, 15) is 9.59 Å². The van der Waals surface area contributed by atoms with Crippen LogP contribution in [0.3, 0.4) is 0 Å². The quantitative estimate of drug-likeness (QED) is 0.582. The van der Waals surface area contributed by atoms with Crippen LogP contribution in [-0.2, 0) is 11.3 Å². The molecule has 1 aromatic heterocycles. The van der Waals surface area contributed by atoms with Crippen molar-refractivity contribution in [2.45, 2.75) is 19.9 Å². The van der Waals surface area contributed by atoms with Crippen LogP contribution < -0.4 is 10.9 Å². The molecule has 0 fully saturated rings. The SMILES string of the molecule is CCC(=O)NCc1cc(=O)[nH][nH]1. The maximum absolute atomic E-state index is 10.8. The first-order valence-electron chi connectivity index (χ1n) is 3.75. The Bertz CT molecular complexity index is 312. The number of amides is 1. The molecule has 1 amide bonds. The summed E-state index contributed by atoms with van der Waals surface area (Å²) >= 11 is 0. The van der Waals surface area contributed by atoms with Gasteiger partial charge in [0.25, 0.3) is 5.56 Å². The van der Waals surface area contributed by atoms with Gasteiger partial charge in [0.1, 0.15) is 0 Å². The van der Waals surface area contributed by atoms with Gasteiger partial charge in [-0.1, -0.05) is 6.92 Å². The van der Waals surface area contributed by atoms with Gasteiger partial charge in [-0.3, -0.25) is 14.7 Å². The van der Waals surface area contributed by atoms with Crippen molar-refractivity contribution in [2.75, 3.05) is 0 Å². The second kappa shape index (κ2) is 3.75. The molecule has 0 saturated heterocycles. The van der Waals surface area contributed by atoms with E-state index >= 15 is 0 Å². The van der Waals surface area contributed by atoms with Gasteiger partial charge in [0.05, 0.1) is 12.2 Å². The summed E-state index contributed by atoms with van der Waals surface area (Å²) in [7, 11) is 0. The van der Waals surface area contributed by atoms with Gasteiger partial charge in [0.15, 0.2) is 0 Å². The number of carbonyl (C=O) groups is 1. The van der Waals surface area contributed by atoms with Crippen molar-refractivity contribution in [3.05, 3.63) is 22.1 Å². The fraction of sp³-hybridized carbons (Fsp3) is 0.429. The molecule has 0 saturated carbocycles. The zero-order chi connectivity index (χ0) is 8.97. The predicted octanol–water partition coefficient (Wildman–Crippen LogP) is -0.271. The van der Waals surface area contributed by atoms with E-state index in [1.165, 1.54) is 6.07 Å². The Morgan fingerprint density at radius 3 is 2.83 bits per heavy atom. The van der Waals surface area contributed by atoms with Crippen molar-refractivity contribution in [1.82, 2.24) is 15.5 Å². The number of rotatable bonds is 3. The van der Waals surface area contributed by atoms with Gasteiger partial charge >= 0.3 is 0 Å². The molecule has 0 radical (unpaired) electrons. The van der Waals surface area contributed by atoms with E-state index in [1.54, 1.807) is 6.92 Å². The number of H-pyrrole nitrogens is 2. The second-order valence-electron chi connectivity index (χ2n) is 2.41. The normalized spacial score (nSPS) is 9.75. The standard InChI is InChI=1S/C7H11N3O2/c1-2-6(11)8-4-5-3-7(12)10-9-5/h3H,2,4H2,1H3,(H,8,11)(H2,9,10,12). The summed E-state index contributed by atoms with van der Waals surface area (Å²) in [6, 6.07) is 1.41. The van der Waals surface area contributed by atoms with Gasteiger partial charge in [-0.25, -0.2) is 0 Å². The molecule has 0 unspecified atom stereocenters. The molecule has 5 heteroatoms. The molecule has 1 rings (SSSR count). The van der Waals surface area contributed by atoms with Gasteiger partial charge < -0.3 is 10.4 Å². The topological polar surface area (TPSA) is 77.8 Å². The molecule has 0 aliphatic carbocycles. The zero-order valence-corrected chi connectivity index (χ0v) is 6.81. The lowest BCUT2D eigenvalue weighted by atomic mass is 10.4. The number of aromatic amines is 2. The van der Waals surface area contributed by atoms with Gasteiger partial charge in [-0.15, -0.1) is 0 Å². The Kier molecular flexibility index (Phi) is 2.68. The largest absolute Gasteiger partial charge is 0.350 e. The highest BCUT2D eigenvalue weighted by molar-refractivity contribution is 5.75. The van der Waals surface area contributed by atoms with E-state index in [4.69, 9.17) is 0 Å². The minimum Gasteiger partial charge on any atom is -0.350 e. The summed E-state index contributed by atoms with van der Waals surface area (Å²) in [5, 5.41) is 7.64. The van der Waals surface area contributed by atoms with Crippen LogP contribution in [0.5, 0.6) is 0 Å². The van der Waals surface area contributed by atoms with Gasteiger partial charge in [-0.2, -0.15) is 0 Å². The van der Waals surface area contributed by atoms with Gasteiger partial charge in [0.2, 0.25) is 5.91 Å². The predicted molar refractivity (Wildman–Crippen MR) is 43.6 cm³/mol. The van der Waals surface area contributed by atoms with Crippen LogP contribution in [0.4, 0.5) is 0 Å². The van der Waals surface area contributed by atoms with Crippen LogP contribution >= 0.6 is 0 Å². The van der Waals surface area contributed by atoms with E-state index in [0.717, 1.165) is 0 Å². The third-order valence-corrected chi connectivity index (χ3v) is 1.45. The van der Waals surface area contributed by atoms with E-state index in [0.29, 0.717) is 18.7 Å². The molecule has 66 valence electrons. The zero-order valence-electron chi connectivity index (χ0n) is 6.81. The Labute approximate surface area is 69.2 Å². The molecule has 5 nitrogen and oxygen atoms in total. The lowest BCUT2D eigenvalue weighted by Crippen LogP contribution is -2.21. The lowest BCUT2D eigenvalue weighted by Gasteiger charge is -1.98. The minimum absolute atomic E-state index is 0.0305. The first-order valence-corrected chi connectivity index (χ1v) is 3.75. The summed E-state index contributed by atoms with van der Waals surface area (Å²) in [4.78, 5) is 21.4. The first kappa shape index (κ1) is 8.58. The van der Waals surface area contributed by atoms with Crippen LogP contribution in [0, 0.1) is 0 Å². The number of hydrogen-bond donors (Lipinski definition) is 3. The molecule has 12 heavy (non-hydrogen) atoms. The Morgan fingerprint density at radius 1 is 1.58 bits per heavy atom. The van der Waals surface area contributed by atoms with Crippen molar-refractivity contribution in [3.8, 4) is 0 Å². The van der Waals surface area contributed by atoms with Crippen LogP contribution in [0.15, 0.2) is 10.9 Å². The van der Waals surface area contributed by atoms with Crippen LogP contribution in [0.1, 0.15) is 19.0 Å². The van der Waals surface area contributed by atoms with Crippen LogP contribution in [0.25, 0.3) is 0 Å². The number of aromatic nitrogens is 2. The Hall–Kier alpha value is -1.52. The molecule has 3 N–H and O–H groups in total. The molecule has 0 aromatic carbocycles. The molecule has 0 atom stereocenters. The summed E-state index contributed by atoms with van der Waals surface area (Å²) in [5.74, 6) is -0.0305. The maximum atomic E-state index is 10.8. The highest BCUT2D eigenvalue weighted by atomic mass is 16.1. The lowest BCUT2D eigenvalue weighted by molar-refractivity contribution is -0.120. The number of nitrogens with one attached hydrogen (secondary N) is 3. The van der Waals surface area contributed by atoms with Crippen LogP contribution in [-0.4, -0.2) is 16.1 Å². The highest BCUT2D eigenvalue weighted by Crippen LogP contribution is 1.86. The average Bonchev–Trinajstić information content (AvgIpc) is 2.47. The minimum atomic E-state index is -0.184. The Morgan fingerprint density at radius 2 is 2.33 bits per heavy atom.